The highest BCUT2D eigenvalue weighted by Crippen LogP contribution is 2.13. The SMILES string of the molecule is CCC(=O)c1ccc(OCC(=O)OCC(=O)NCC(=O)Nc2ccc(F)cc2)cc1. The molecular formula is C21H21FN2O6. The molecule has 0 aliphatic carbocycles. The Hall–Kier alpha value is -3.75. The van der Waals surface area contributed by atoms with Gasteiger partial charge in [-0.3, -0.25) is 14.4 Å². The Morgan fingerprint density at radius 2 is 1.57 bits per heavy atom. The van der Waals surface area contributed by atoms with E-state index in [4.69, 9.17) is 9.47 Å². The molecule has 158 valence electrons. The molecule has 0 atom stereocenters. The lowest BCUT2D eigenvalue weighted by molar-refractivity contribution is -0.150. The van der Waals surface area contributed by atoms with Crippen molar-refractivity contribution in [3.05, 3.63) is 59.9 Å². The summed E-state index contributed by atoms with van der Waals surface area (Å²) in [5, 5.41) is 4.76. The lowest BCUT2D eigenvalue weighted by Crippen LogP contribution is -2.36. The van der Waals surface area contributed by atoms with E-state index in [1.54, 1.807) is 31.2 Å². The Labute approximate surface area is 172 Å². The largest absolute Gasteiger partial charge is 0.482 e. The van der Waals surface area contributed by atoms with Gasteiger partial charge >= 0.3 is 5.97 Å². The Morgan fingerprint density at radius 1 is 0.900 bits per heavy atom. The minimum absolute atomic E-state index is 0.00156. The van der Waals surface area contributed by atoms with Crippen molar-refractivity contribution in [1.29, 1.82) is 0 Å². The quantitative estimate of drug-likeness (QED) is 0.453. The summed E-state index contributed by atoms with van der Waals surface area (Å²) in [7, 11) is 0. The summed E-state index contributed by atoms with van der Waals surface area (Å²) >= 11 is 0. The number of esters is 1. The standard InChI is InChI=1S/C21H21FN2O6/c1-2-18(25)14-3-9-17(10-4-14)29-13-21(28)30-12-20(27)23-11-19(26)24-16-7-5-15(22)6-8-16/h3-10H,2,11-13H2,1H3,(H,23,27)(H,24,26). The predicted octanol–water partition coefficient (Wildman–Crippen LogP) is 2.10. The molecule has 0 unspecified atom stereocenters. The second-order valence-electron chi connectivity index (χ2n) is 6.08. The molecule has 0 aliphatic rings. The molecule has 30 heavy (non-hydrogen) atoms. The second kappa shape index (κ2) is 11.3. The first-order valence-corrected chi connectivity index (χ1v) is 9.11. The van der Waals surface area contributed by atoms with E-state index in [1.807, 2.05) is 0 Å². The molecule has 8 nitrogen and oxygen atoms in total. The van der Waals surface area contributed by atoms with Crippen LogP contribution in [0.3, 0.4) is 0 Å². The molecule has 2 aromatic rings. The number of rotatable bonds is 10. The maximum Gasteiger partial charge on any atom is 0.344 e. The fraction of sp³-hybridized carbons (Fsp3) is 0.238. The lowest BCUT2D eigenvalue weighted by Gasteiger charge is -2.09. The normalized spacial score (nSPS) is 10.1. The summed E-state index contributed by atoms with van der Waals surface area (Å²) in [6.07, 6.45) is 0.391. The Bertz CT molecular complexity index is 897. The van der Waals surface area contributed by atoms with Gasteiger partial charge in [0.2, 0.25) is 5.91 Å². The third-order valence-electron chi connectivity index (χ3n) is 3.79. The molecule has 0 fully saturated rings. The van der Waals surface area contributed by atoms with Gasteiger partial charge in [0, 0.05) is 17.7 Å². The van der Waals surface area contributed by atoms with E-state index in [2.05, 4.69) is 10.6 Å². The Balaban J connectivity index is 1.64. The summed E-state index contributed by atoms with van der Waals surface area (Å²) < 4.78 is 22.8. The zero-order valence-corrected chi connectivity index (χ0v) is 16.3. The van der Waals surface area contributed by atoms with Crippen molar-refractivity contribution in [3.8, 4) is 5.75 Å². The molecule has 2 aromatic carbocycles. The van der Waals surface area contributed by atoms with E-state index in [-0.39, 0.29) is 12.3 Å². The van der Waals surface area contributed by atoms with Gasteiger partial charge in [-0.05, 0) is 48.5 Å². The van der Waals surface area contributed by atoms with Crippen molar-refractivity contribution < 1.29 is 33.0 Å². The summed E-state index contributed by atoms with van der Waals surface area (Å²) in [5.41, 5.74) is 0.930. The minimum Gasteiger partial charge on any atom is -0.482 e. The monoisotopic (exact) mass is 416 g/mol. The van der Waals surface area contributed by atoms with E-state index in [0.29, 0.717) is 23.4 Å². The fourth-order valence-corrected chi connectivity index (χ4v) is 2.24. The van der Waals surface area contributed by atoms with Crippen molar-refractivity contribution in [3.63, 3.8) is 0 Å². The number of ketones is 1. The number of carbonyl (C=O) groups is 4. The highest BCUT2D eigenvalue weighted by molar-refractivity contribution is 5.96. The molecule has 0 aliphatic heterocycles. The van der Waals surface area contributed by atoms with Crippen LogP contribution < -0.4 is 15.4 Å². The van der Waals surface area contributed by atoms with Crippen molar-refractivity contribution >= 4 is 29.3 Å². The lowest BCUT2D eigenvalue weighted by atomic mass is 10.1. The number of Topliss-reactive ketones (excluding diaryl/α,β-unsaturated/α-hetero) is 1. The Kier molecular flexibility index (Phi) is 8.49. The van der Waals surface area contributed by atoms with Crippen LogP contribution in [-0.2, 0) is 19.1 Å². The summed E-state index contributed by atoms with van der Waals surface area (Å²) in [6.45, 7) is 0.430. The van der Waals surface area contributed by atoms with E-state index < -0.39 is 36.8 Å². The van der Waals surface area contributed by atoms with Crippen LogP contribution in [0.1, 0.15) is 23.7 Å². The van der Waals surface area contributed by atoms with Crippen molar-refractivity contribution in [2.24, 2.45) is 0 Å². The van der Waals surface area contributed by atoms with Crippen LogP contribution in [0.4, 0.5) is 10.1 Å². The minimum atomic E-state index is -0.769. The first-order valence-electron chi connectivity index (χ1n) is 9.11. The van der Waals surface area contributed by atoms with Crippen LogP contribution in [0.25, 0.3) is 0 Å². The molecule has 2 amide bonds. The molecule has 2 N–H and O–H groups in total. The molecule has 9 heteroatoms. The van der Waals surface area contributed by atoms with Crippen molar-refractivity contribution in [1.82, 2.24) is 5.32 Å². The zero-order chi connectivity index (χ0) is 21.9. The van der Waals surface area contributed by atoms with Gasteiger partial charge in [0.15, 0.2) is 19.0 Å². The first-order chi connectivity index (χ1) is 14.4. The highest BCUT2D eigenvalue weighted by Gasteiger charge is 2.11. The van der Waals surface area contributed by atoms with Crippen LogP contribution in [0.5, 0.6) is 5.75 Å². The third kappa shape index (κ3) is 7.70. The number of anilines is 1. The summed E-state index contributed by atoms with van der Waals surface area (Å²) in [4.78, 5) is 46.6. The number of ether oxygens (including phenoxy) is 2. The number of carbonyl (C=O) groups excluding carboxylic acids is 4. The van der Waals surface area contributed by atoms with E-state index in [1.165, 1.54) is 24.3 Å². The second-order valence-corrected chi connectivity index (χ2v) is 6.08. The van der Waals surface area contributed by atoms with Crippen LogP contribution in [0, 0.1) is 5.82 Å². The van der Waals surface area contributed by atoms with Gasteiger partial charge in [-0.2, -0.15) is 0 Å². The molecule has 2 rings (SSSR count). The maximum atomic E-state index is 12.8. The average Bonchev–Trinajstić information content (AvgIpc) is 2.76. The predicted molar refractivity (Wildman–Crippen MR) is 106 cm³/mol. The highest BCUT2D eigenvalue weighted by atomic mass is 19.1. The summed E-state index contributed by atoms with van der Waals surface area (Å²) in [5.74, 6) is -2.01. The van der Waals surface area contributed by atoms with Gasteiger partial charge in [-0.15, -0.1) is 0 Å². The van der Waals surface area contributed by atoms with Gasteiger partial charge in [0.25, 0.3) is 5.91 Å². The molecule has 0 saturated heterocycles. The first kappa shape index (κ1) is 22.5. The zero-order valence-electron chi connectivity index (χ0n) is 16.3. The molecule has 0 saturated carbocycles. The van der Waals surface area contributed by atoms with Crippen LogP contribution in [0.15, 0.2) is 48.5 Å². The fourth-order valence-electron chi connectivity index (χ4n) is 2.24. The van der Waals surface area contributed by atoms with Gasteiger partial charge in [-0.25, -0.2) is 9.18 Å². The van der Waals surface area contributed by atoms with Crippen LogP contribution in [-0.4, -0.2) is 43.3 Å². The van der Waals surface area contributed by atoms with Crippen LogP contribution in [0.2, 0.25) is 0 Å². The number of nitrogens with one attached hydrogen (secondary N) is 2. The van der Waals surface area contributed by atoms with E-state index in [9.17, 15) is 23.6 Å². The van der Waals surface area contributed by atoms with Gasteiger partial charge in [0.1, 0.15) is 11.6 Å². The summed E-state index contributed by atoms with van der Waals surface area (Å²) in [6, 6.07) is 11.4. The molecule has 0 aromatic heterocycles. The van der Waals surface area contributed by atoms with E-state index >= 15 is 0 Å². The molecule has 0 radical (unpaired) electrons. The third-order valence-corrected chi connectivity index (χ3v) is 3.79. The Morgan fingerprint density at radius 3 is 2.20 bits per heavy atom. The number of hydrogen-bond donors (Lipinski definition) is 2. The van der Waals surface area contributed by atoms with Crippen molar-refractivity contribution in [2.45, 2.75) is 13.3 Å². The van der Waals surface area contributed by atoms with Crippen LogP contribution >= 0.6 is 0 Å². The molecular weight excluding hydrogens is 395 g/mol. The molecule has 0 heterocycles. The van der Waals surface area contributed by atoms with Crippen molar-refractivity contribution in [2.75, 3.05) is 25.1 Å². The maximum absolute atomic E-state index is 12.8. The number of halogens is 1. The topological polar surface area (TPSA) is 111 Å². The molecule has 0 spiro atoms. The van der Waals surface area contributed by atoms with E-state index in [0.717, 1.165) is 0 Å². The van der Waals surface area contributed by atoms with Gasteiger partial charge in [0.05, 0.1) is 6.54 Å². The van der Waals surface area contributed by atoms with Gasteiger partial charge < -0.3 is 20.1 Å². The smallest absolute Gasteiger partial charge is 0.344 e. The van der Waals surface area contributed by atoms with Gasteiger partial charge in [-0.1, -0.05) is 6.92 Å². The average molecular weight is 416 g/mol. The number of hydrogen-bond acceptors (Lipinski definition) is 6. The number of amides is 2. The molecule has 0 bridgehead atoms. The number of benzene rings is 2.